The number of anilines is 1. The Kier molecular flexibility index (Phi) is 9.92. The number of fused-ring (bicyclic) bond motifs is 1. The van der Waals surface area contributed by atoms with Gasteiger partial charge in [-0.25, -0.2) is 34.9 Å². The molecule has 0 spiro atoms. The third-order valence-electron chi connectivity index (χ3n) is 9.12. The van der Waals surface area contributed by atoms with Crippen LogP contribution in [-0.4, -0.2) is 92.2 Å². The third-order valence-corrected chi connectivity index (χ3v) is 12.8. The average molecular weight is 685 g/mol. The van der Waals surface area contributed by atoms with Crippen LogP contribution >= 0.6 is 0 Å². The van der Waals surface area contributed by atoms with E-state index in [4.69, 9.17) is 4.74 Å². The topological polar surface area (TPSA) is 146 Å². The Bertz CT molecular complexity index is 1860. The van der Waals surface area contributed by atoms with E-state index < -0.39 is 31.7 Å². The van der Waals surface area contributed by atoms with Gasteiger partial charge < -0.3 is 14.5 Å². The molecule has 2 fully saturated rings. The van der Waals surface area contributed by atoms with E-state index in [1.165, 1.54) is 29.4 Å². The van der Waals surface area contributed by atoms with Crippen molar-refractivity contribution >= 4 is 42.9 Å². The van der Waals surface area contributed by atoms with Gasteiger partial charge in [-0.05, 0) is 82.9 Å². The normalized spacial score (nSPS) is 21.0. The van der Waals surface area contributed by atoms with E-state index in [1.54, 1.807) is 35.6 Å². The Balaban J connectivity index is 1.22. The second-order valence-electron chi connectivity index (χ2n) is 13.7. The zero-order valence-corrected chi connectivity index (χ0v) is 29.3. The summed E-state index contributed by atoms with van der Waals surface area (Å²) < 4.78 is 61.8. The van der Waals surface area contributed by atoms with Crippen molar-refractivity contribution < 1.29 is 26.4 Å². The molecule has 14 heteroatoms. The molecule has 5 rings (SSSR count). The van der Waals surface area contributed by atoms with E-state index in [9.17, 15) is 26.9 Å². The van der Waals surface area contributed by atoms with Crippen LogP contribution in [0.15, 0.2) is 53.7 Å². The highest BCUT2D eigenvalue weighted by Gasteiger charge is 2.36. The van der Waals surface area contributed by atoms with Crippen LogP contribution in [0.25, 0.3) is 11.0 Å². The van der Waals surface area contributed by atoms with Crippen LogP contribution in [0.1, 0.15) is 58.4 Å². The Labute approximate surface area is 278 Å². The van der Waals surface area contributed by atoms with Crippen LogP contribution in [0.4, 0.5) is 10.5 Å². The van der Waals surface area contributed by atoms with Crippen LogP contribution in [0.2, 0.25) is 0 Å². The van der Waals surface area contributed by atoms with Gasteiger partial charge in [-0.15, -0.1) is 0 Å². The van der Waals surface area contributed by atoms with E-state index in [0.29, 0.717) is 55.5 Å². The van der Waals surface area contributed by atoms with E-state index in [1.807, 2.05) is 32.7 Å². The van der Waals surface area contributed by atoms with Gasteiger partial charge in [0, 0.05) is 57.6 Å². The monoisotopic (exact) mass is 684 g/mol. The van der Waals surface area contributed by atoms with Gasteiger partial charge in [0.15, 0.2) is 5.65 Å². The van der Waals surface area contributed by atoms with Crippen molar-refractivity contribution in [3.8, 4) is 6.07 Å². The van der Waals surface area contributed by atoms with Crippen molar-refractivity contribution in [2.45, 2.75) is 69.4 Å². The van der Waals surface area contributed by atoms with Gasteiger partial charge in [0.05, 0.1) is 21.9 Å². The summed E-state index contributed by atoms with van der Waals surface area (Å²) in [7, 11) is -3.78. The van der Waals surface area contributed by atoms with Gasteiger partial charge in [-0.1, -0.05) is 18.2 Å². The second kappa shape index (κ2) is 13.4. The number of ether oxygens (including phenoxy) is 1. The first-order valence-corrected chi connectivity index (χ1v) is 19.0. The van der Waals surface area contributed by atoms with Gasteiger partial charge >= 0.3 is 6.09 Å². The number of carbonyl (C=O) groups excluding carboxylic acids is 1. The number of amides is 1. The van der Waals surface area contributed by atoms with Crippen molar-refractivity contribution in [1.29, 1.82) is 5.26 Å². The molecule has 1 aromatic carbocycles. The number of hydrogen-bond acceptors (Lipinski definition) is 9. The van der Waals surface area contributed by atoms with Crippen LogP contribution in [0, 0.1) is 23.2 Å². The summed E-state index contributed by atoms with van der Waals surface area (Å²) in [5.41, 5.74) is 0.621. The predicted molar refractivity (Wildman–Crippen MR) is 180 cm³/mol. The highest BCUT2D eigenvalue weighted by atomic mass is 32.2. The first kappa shape index (κ1) is 34.7. The lowest BCUT2D eigenvalue weighted by Gasteiger charge is -2.37. The van der Waals surface area contributed by atoms with Gasteiger partial charge in [0.2, 0.25) is 10.0 Å². The van der Waals surface area contributed by atoms with Crippen molar-refractivity contribution in [2.75, 3.05) is 44.4 Å². The first-order chi connectivity index (χ1) is 22.1. The van der Waals surface area contributed by atoms with E-state index in [0.717, 1.165) is 16.8 Å². The van der Waals surface area contributed by atoms with Gasteiger partial charge in [-0.3, -0.25) is 0 Å². The molecular formula is C33H44N6O6S2. The number of benzene rings is 1. The minimum atomic E-state index is -3.89. The fourth-order valence-electron chi connectivity index (χ4n) is 6.70. The number of nitriles is 1. The summed E-state index contributed by atoms with van der Waals surface area (Å²) in [6, 6.07) is 12.1. The largest absolute Gasteiger partial charge is 0.444 e. The van der Waals surface area contributed by atoms with Gasteiger partial charge in [-0.2, -0.15) is 5.26 Å². The average Bonchev–Trinajstić information content (AvgIpc) is 3.68. The zero-order valence-electron chi connectivity index (χ0n) is 27.7. The van der Waals surface area contributed by atoms with Crippen molar-refractivity contribution in [3.63, 3.8) is 0 Å². The van der Waals surface area contributed by atoms with Crippen LogP contribution < -0.4 is 4.90 Å². The number of aromatic nitrogens is 2. The molecule has 1 atom stereocenters. The van der Waals surface area contributed by atoms with Crippen molar-refractivity contribution in [1.82, 2.24) is 18.2 Å². The number of carbonyl (C=O) groups is 1. The third kappa shape index (κ3) is 7.58. The Morgan fingerprint density at radius 1 is 1.02 bits per heavy atom. The van der Waals surface area contributed by atoms with E-state index >= 15 is 0 Å². The molecule has 0 N–H and O–H groups in total. The maximum absolute atomic E-state index is 13.4. The quantitative estimate of drug-likeness (QED) is 0.314. The summed E-state index contributed by atoms with van der Waals surface area (Å²) in [5.74, 6) is 0.148. The van der Waals surface area contributed by atoms with Crippen molar-refractivity contribution in [2.24, 2.45) is 11.8 Å². The number of hydrogen-bond donors (Lipinski definition) is 0. The van der Waals surface area contributed by atoms with Crippen LogP contribution in [-0.2, 0) is 24.8 Å². The summed E-state index contributed by atoms with van der Waals surface area (Å²) in [6.45, 7) is 6.72. The summed E-state index contributed by atoms with van der Waals surface area (Å²) in [5, 5.41) is 10.5. The Hall–Kier alpha value is -3.67. The fourth-order valence-corrected chi connectivity index (χ4v) is 9.98. The Morgan fingerprint density at radius 3 is 2.34 bits per heavy atom. The Morgan fingerprint density at radius 2 is 1.70 bits per heavy atom. The molecule has 3 heterocycles. The highest BCUT2D eigenvalue weighted by Crippen LogP contribution is 2.37. The van der Waals surface area contributed by atoms with E-state index in [2.05, 4.69) is 11.1 Å². The van der Waals surface area contributed by atoms with Gasteiger partial charge in [0.1, 0.15) is 11.7 Å². The van der Waals surface area contributed by atoms with Crippen LogP contribution in [0.5, 0.6) is 0 Å². The lowest BCUT2D eigenvalue weighted by molar-refractivity contribution is 0.0276. The highest BCUT2D eigenvalue weighted by molar-refractivity contribution is 7.90. The SMILES string of the molecule is CN(CC1CCN(S(=O)(=O)C[C@H]2CC[C@H](N(C)c3c(C#N)cnc4c3ccn4S(=O)(=O)c3ccccc3)CC2)C1)C(=O)OC(C)(C)C. The van der Waals surface area contributed by atoms with Gasteiger partial charge in [0.25, 0.3) is 10.0 Å². The maximum Gasteiger partial charge on any atom is 0.410 e. The zero-order chi connectivity index (χ0) is 34.1. The molecule has 12 nitrogen and oxygen atoms in total. The molecule has 0 bridgehead atoms. The second-order valence-corrected chi connectivity index (χ2v) is 17.6. The molecule has 47 heavy (non-hydrogen) atoms. The molecule has 3 aromatic rings. The molecule has 1 saturated heterocycles. The molecule has 1 aliphatic carbocycles. The smallest absolute Gasteiger partial charge is 0.410 e. The molecule has 1 aliphatic heterocycles. The molecule has 0 radical (unpaired) electrons. The number of pyridine rings is 1. The standard InChI is InChI=1S/C33H44N6O6S2/c1-33(2,3)45-32(40)36(4)21-25-15-17-38(22-25)46(41,42)23-24-11-13-27(14-12-24)37(5)30-26(19-34)20-35-31-29(30)16-18-39(31)47(43,44)28-9-7-6-8-10-28/h6-10,16,18,20,24-25,27H,11-15,17,21-23H2,1-5H3/t24-,25?,27-. The number of nitrogens with zero attached hydrogens (tertiary/aromatic N) is 6. The molecule has 2 aromatic heterocycles. The summed E-state index contributed by atoms with van der Waals surface area (Å²) >= 11 is 0. The molecule has 254 valence electrons. The number of sulfonamides is 1. The number of rotatable bonds is 9. The maximum atomic E-state index is 13.4. The minimum absolute atomic E-state index is 0.0122. The first-order valence-electron chi connectivity index (χ1n) is 16.0. The molecule has 1 unspecified atom stereocenters. The van der Waals surface area contributed by atoms with Crippen LogP contribution in [0.3, 0.4) is 0 Å². The summed E-state index contributed by atoms with van der Waals surface area (Å²) in [6.07, 6.45) is 6.06. The molecule has 1 amide bonds. The molecular weight excluding hydrogens is 641 g/mol. The lowest BCUT2D eigenvalue weighted by atomic mass is 9.86. The fraction of sp³-hybridized carbons (Fsp3) is 0.545. The van der Waals surface area contributed by atoms with E-state index in [-0.39, 0.29) is 34.2 Å². The predicted octanol–water partition coefficient (Wildman–Crippen LogP) is 4.66. The van der Waals surface area contributed by atoms with Crippen molar-refractivity contribution in [3.05, 3.63) is 54.4 Å². The molecule has 2 aliphatic rings. The summed E-state index contributed by atoms with van der Waals surface area (Å²) in [4.78, 5) is 20.4. The lowest BCUT2D eigenvalue weighted by Crippen LogP contribution is -2.40. The minimum Gasteiger partial charge on any atom is -0.444 e. The molecule has 1 saturated carbocycles.